The van der Waals surface area contributed by atoms with Gasteiger partial charge in [0.1, 0.15) is 43.5 Å². The van der Waals surface area contributed by atoms with Gasteiger partial charge >= 0.3 is 23.9 Å². The number of cyclic esters (lactones) is 2. The number of aromatic hydroxyl groups is 2. The Hall–Kier alpha value is -9.30. The number of benzene rings is 6. The lowest BCUT2D eigenvalue weighted by molar-refractivity contribution is -0.148. The molecule has 508 valence electrons. The molecule has 0 saturated carbocycles. The van der Waals surface area contributed by atoms with Crippen LogP contribution in [0.4, 0.5) is 11.4 Å². The molecule has 0 bridgehead atoms. The molecule has 6 aromatic carbocycles. The molecule has 4 atom stereocenters. The predicted octanol–water partition coefficient (Wildman–Crippen LogP) is 13.0. The molecule has 0 aromatic heterocycles. The van der Waals surface area contributed by atoms with Crippen LogP contribution >= 0.6 is 0 Å². The minimum atomic E-state index is -1.36. The van der Waals surface area contributed by atoms with Gasteiger partial charge < -0.3 is 64.1 Å². The highest BCUT2D eigenvalue weighted by Crippen LogP contribution is 2.33. The lowest BCUT2D eigenvalue weighted by atomic mass is 9.97. The quantitative estimate of drug-likeness (QED) is 0.00933. The standard InChI is InChI=1S/C38H45NO8.C24H31NO4.C14H16O5/c1-4-6-13-21-39(22-14-7-5-2)28-19-20-31(32(40)23-28)34(42)29-17-11-12-18-30(29)37(43)46-25-33(41)35-26(3)36(38(44)47-35)45-24-27-15-9-8-10-16-27;1-3-5-9-15-25(16-10-6-4-2)18-13-14-21(22(26)17-18)23(27)19-11-7-8-12-20(19)24(28)29;1-9-12(11(16)7-15)19-14(17)13(9)18-8-10-5-3-2-4-6-10/h8-12,15-20,23,33,35,40-41H,4-7,13-14,21-22,24-25H2,1-3H3;7-8,11-14,17,26H,3-6,9-10,15-16H2,1-2H3,(H,28,29);2-6,11-12,15-16H,7-8H2,1H3. The van der Waals surface area contributed by atoms with Crippen LogP contribution in [0.15, 0.2) is 168 Å². The number of ketones is 2. The number of carbonyl (C=O) groups excluding carboxylic acids is 5. The topological polar surface area (TPSA) is 276 Å². The maximum atomic E-state index is 13.6. The number of unbranched alkanes of at least 4 members (excludes halogenated alkanes) is 8. The van der Waals surface area contributed by atoms with Gasteiger partial charge in [0.15, 0.2) is 23.8 Å². The lowest BCUT2D eigenvalue weighted by Gasteiger charge is -2.25. The molecular formula is C76H92N2O17. The highest BCUT2D eigenvalue weighted by Gasteiger charge is 2.39. The van der Waals surface area contributed by atoms with Crippen LogP contribution in [0.3, 0.4) is 0 Å². The van der Waals surface area contributed by atoms with Crippen LogP contribution in [0.5, 0.6) is 11.5 Å². The lowest BCUT2D eigenvalue weighted by Crippen LogP contribution is -2.33. The Morgan fingerprint density at radius 3 is 1.20 bits per heavy atom. The van der Waals surface area contributed by atoms with Gasteiger partial charge in [0.25, 0.3) is 0 Å². The third-order valence-electron chi connectivity index (χ3n) is 16.2. The minimum absolute atomic E-state index is 0.0102. The van der Waals surface area contributed by atoms with Crippen LogP contribution < -0.4 is 9.80 Å². The first-order chi connectivity index (χ1) is 45.9. The number of ether oxygens (including phenoxy) is 5. The Kier molecular flexibility index (Phi) is 30.5. The van der Waals surface area contributed by atoms with E-state index in [1.807, 2.05) is 72.8 Å². The largest absolute Gasteiger partial charge is 0.507 e. The van der Waals surface area contributed by atoms with Crippen molar-refractivity contribution in [2.75, 3.05) is 49.2 Å². The predicted molar refractivity (Wildman–Crippen MR) is 362 cm³/mol. The zero-order valence-corrected chi connectivity index (χ0v) is 55.4. The number of carboxylic acid groups (broad SMARTS) is 1. The normalized spacial score (nSPS) is 14.7. The molecule has 8 rings (SSSR count). The number of carboxylic acids is 1. The van der Waals surface area contributed by atoms with E-state index in [4.69, 9.17) is 28.8 Å². The molecule has 0 amide bonds. The Morgan fingerprint density at radius 1 is 0.474 bits per heavy atom. The molecular weight excluding hydrogens is 1210 g/mol. The Bertz CT molecular complexity index is 3530. The average molecular weight is 1310 g/mol. The summed E-state index contributed by atoms with van der Waals surface area (Å²) in [7, 11) is 0. The molecule has 0 aliphatic carbocycles. The van der Waals surface area contributed by atoms with E-state index in [2.05, 4.69) is 37.5 Å². The summed E-state index contributed by atoms with van der Waals surface area (Å²) >= 11 is 0. The summed E-state index contributed by atoms with van der Waals surface area (Å²) in [6.45, 7) is 14.9. The fourth-order valence-electron chi connectivity index (χ4n) is 10.8. The maximum Gasteiger partial charge on any atom is 0.374 e. The van der Waals surface area contributed by atoms with Crippen molar-refractivity contribution in [2.45, 2.75) is 156 Å². The van der Waals surface area contributed by atoms with Crippen molar-refractivity contribution < 1.29 is 83.1 Å². The van der Waals surface area contributed by atoms with Crippen molar-refractivity contribution in [3.63, 3.8) is 0 Å². The number of hydrogen-bond acceptors (Lipinski definition) is 18. The van der Waals surface area contributed by atoms with Crippen molar-refractivity contribution >= 4 is 46.8 Å². The number of rotatable bonds is 35. The summed E-state index contributed by atoms with van der Waals surface area (Å²) in [5.74, 6) is -4.51. The highest BCUT2D eigenvalue weighted by atomic mass is 16.6. The summed E-state index contributed by atoms with van der Waals surface area (Å²) in [6, 6.07) is 41.1. The summed E-state index contributed by atoms with van der Waals surface area (Å²) in [4.78, 5) is 79.6. The highest BCUT2D eigenvalue weighted by molar-refractivity contribution is 6.16. The summed E-state index contributed by atoms with van der Waals surface area (Å²) in [6.07, 6.45) is 8.90. The number of aliphatic hydroxyl groups is 3. The molecule has 2 aliphatic heterocycles. The molecule has 19 nitrogen and oxygen atoms in total. The molecule has 2 aliphatic rings. The number of aromatic carboxylic acids is 1. The molecule has 6 aromatic rings. The van der Waals surface area contributed by atoms with E-state index >= 15 is 0 Å². The summed E-state index contributed by atoms with van der Waals surface area (Å²) in [5, 5.41) is 60.0. The van der Waals surface area contributed by atoms with E-state index in [-0.39, 0.29) is 69.6 Å². The zero-order valence-electron chi connectivity index (χ0n) is 55.4. The van der Waals surface area contributed by atoms with Gasteiger partial charge in [-0.05, 0) is 87.1 Å². The Labute approximate surface area is 557 Å². The van der Waals surface area contributed by atoms with E-state index in [1.54, 1.807) is 62.4 Å². The third kappa shape index (κ3) is 21.6. The van der Waals surface area contributed by atoms with Gasteiger partial charge in [0, 0.05) is 72.0 Å². The third-order valence-corrected chi connectivity index (χ3v) is 16.2. The van der Waals surface area contributed by atoms with Crippen LogP contribution in [0, 0.1) is 0 Å². The summed E-state index contributed by atoms with van der Waals surface area (Å²) in [5.41, 5.74) is 4.64. The molecule has 6 N–H and O–H groups in total. The van der Waals surface area contributed by atoms with Crippen molar-refractivity contribution in [3.05, 3.63) is 213 Å². The van der Waals surface area contributed by atoms with E-state index in [1.165, 1.54) is 24.3 Å². The van der Waals surface area contributed by atoms with E-state index in [0.717, 1.165) is 126 Å². The van der Waals surface area contributed by atoms with Gasteiger partial charge in [-0.1, -0.05) is 176 Å². The van der Waals surface area contributed by atoms with Crippen LogP contribution in [0.25, 0.3) is 0 Å². The number of esters is 3. The van der Waals surface area contributed by atoms with E-state index in [0.29, 0.717) is 11.1 Å². The molecule has 95 heavy (non-hydrogen) atoms. The second-order valence-corrected chi connectivity index (χ2v) is 23.4. The molecule has 0 spiro atoms. The van der Waals surface area contributed by atoms with E-state index < -0.39 is 73.1 Å². The van der Waals surface area contributed by atoms with Gasteiger partial charge in [-0.25, -0.2) is 19.2 Å². The van der Waals surface area contributed by atoms with Gasteiger partial charge in [-0.2, -0.15) is 0 Å². The summed E-state index contributed by atoms with van der Waals surface area (Å²) < 4.78 is 26.8. The second-order valence-electron chi connectivity index (χ2n) is 23.4. The number of phenols is 2. The van der Waals surface area contributed by atoms with Crippen LogP contribution in [0.2, 0.25) is 0 Å². The van der Waals surface area contributed by atoms with Gasteiger partial charge in [-0.3, -0.25) is 9.59 Å². The molecule has 2 heterocycles. The average Bonchev–Trinajstić information content (AvgIpc) is 1.26. The maximum absolute atomic E-state index is 13.6. The van der Waals surface area contributed by atoms with Crippen molar-refractivity contribution in [1.29, 1.82) is 0 Å². The zero-order chi connectivity index (χ0) is 68.8. The number of aliphatic hydroxyl groups excluding tert-OH is 3. The number of carbonyl (C=O) groups is 6. The Balaban J connectivity index is 0.000000251. The number of hydrogen-bond donors (Lipinski definition) is 6. The Morgan fingerprint density at radius 2 is 0.832 bits per heavy atom. The minimum Gasteiger partial charge on any atom is -0.507 e. The molecule has 4 unspecified atom stereocenters. The number of nitrogens with zero attached hydrogens (tertiary/aromatic N) is 2. The van der Waals surface area contributed by atoms with Crippen LogP contribution in [-0.2, 0) is 46.5 Å². The van der Waals surface area contributed by atoms with Crippen molar-refractivity contribution in [3.8, 4) is 11.5 Å². The first kappa shape index (κ1) is 74.7. The molecule has 0 saturated heterocycles. The van der Waals surface area contributed by atoms with Crippen molar-refractivity contribution in [2.24, 2.45) is 0 Å². The SMILES string of the molecule is CC1=C(OCc2ccccc2)C(=O)OC1C(O)CO.CCCCCN(CCCCC)c1ccc(C(=O)c2ccccc2C(=O)O)c(O)c1.CCCCCN(CCCCC)c1ccc(C(=O)c2ccccc2C(=O)OCC(O)C2OC(=O)C(OCc3ccccc3)=C2C)c(O)c1. The van der Waals surface area contributed by atoms with Gasteiger partial charge in [-0.15, -0.1) is 0 Å². The molecule has 0 radical (unpaired) electrons. The van der Waals surface area contributed by atoms with Gasteiger partial charge in [0.2, 0.25) is 11.5 Å². The monoisotopic (exact) mass is 1300 g/mol. The number of phenolic OH excluding ortho intramolecular Hbond substituents is 2. The van der Waals surface area contributed by atoms with Crippen molar-refractivity contribution in [1.82, 2.24) is 0 Å². The van der Waals surface area contributed by atoms with Crippen LogP contribution in [0.1, 0.15) is 182 Å². The molecule has 0 fully saturated rings. The second kappa shape index (κ2) is 38.8. The fraction of sp³-hybridized carbons (Fsp3) is 0.395. The smallest absolute Gasteiger partial charge is 0.374 e. The fourth-order valence-corrected chi connectivity index (χ4v) is 10.8. The first-order valence-corrected chi connectivity index (χ1v) is 32.8. The molecule has 19 heteroatoms. The number of anilines is 2. The van der Waals surface area contributed by atoms with Gasteiger partial charge in [0.05, 0.1) is 28.9 Å². The first-order valence-electron chi connectivity index (χ1n) is 32.8. The van der Waals surface area contributed by atoms with Crippen LogP contribution in [-0.4, -0.2) is 130 Å². The van der Waals surface area contributed by atoms with E-state index in [9.17, 15) is 54.3 Å².